The molecule has 0 aromatic heterocycles. The van der Waals surface area contributed by atoms with E-state index in [0.29, 0.717) is 5.92 Å². The number of benzene rings is 1. The van der Waals surface area contributed by atoms with Gasteiger partial charge < -0.3 is 4.90 Å². The van der Waals surface area contributed by atoms with E-state index < -0.39 is 0 Å². The van der Waals surface area contributed by atoms with Gasteiger partial charge in [-0.05, 0) is 17.9 Å². The molecule has 2 heteroatoms. The number of hydrogen-bond acceptors (Lipinski definition) is 1. The smallest absolute Gasteiger partial charge is 0.219 e. The summed E-state index contributed by atoms with van der Waals surface area (Å²) in [7, 11) is 0. The van der Waals surface area contributed by atoms with Crippen LogP contribution in [-0.4, -0.2) is 17.4 Å². The van der Waals surface area contributed by atoms with Gasteiger partial charge in [0, 0.05) is 20.0 Å². The van der Waals surface area contributed by atoms with E-state index in [1.165, 1.54) is 24.8 Å². The molecular weight excluding hydrogens is 234 g/mol. The number of amides is 1. The standard InChI is InChI=1S/C17H27NO/c1-4-6-10-16(5-2)13-18(15(3)19)14-17-11-8-7-9-12-17/h7-9,11-12,16H,4-6,10,13-14H2,1-3H3. The minimum Gasteiger partial charge on any atom is -0.338 e. The fraction of sp³-hybridized carbons (Fsp3) is 0.588. The molecule has 1 atom stereocenters. The molecule has 19 heavy (non-hydrogen) atoms. The van der Waals surface area contributed by atoms with Gasteiger partial charge in [-0.1, -0.05) is 63.4 Å². The van der Waals surface area contributed by atoms with Crippen LogP contribution in [0.2, 0.25) is 0 Å². The second-order valence-electron chi connectivity index (χ2n) is 5.30. The van der Waals surface area contributed by atoms with Crippen LogP contribution in [-0.2, 0) is 11.3 Å². The van der Waals surface area contributed by atoms with Crippen LogP contribution in [0.1, 0.15) is 52.0 Å². The van der Waals surface area contributed by atoms with Gasteiger partial charge in [0.25, 0.3) is 0 Å². The average molecular weight is 261 g/mol. The predicted molar refractivity (Wildman–Crippen MR) is 80.8 cm³/mol. The Morgan fingerprint density at radius 1 is 1.21 bits per heavy atom. The molecule has 0 N–H and O–H groups in total. The van der Waals surface area contributed by atoms with E-state index >= 15 is 0 Å². The summed E-state index contributed by atoms with van der Waals surface area (Å²) in [6.07, 6.45) is 4.87. The van der Waals surface area contributed by atoms with Crippen molar-refractivity contribution < 1.29 is 4.79 Å². The van der Waals surface area contributed by atoms with E-state index in [-0.39, 0.29) is 5.91 Å². The first-order chi connectivity index (χ1) is 9.17. The maximum atomic E-state index is 11.8. The summed E-state index contributed by atoms with van der Waals surface area (Å²) in [5.74, 6) is 0.811. The molecule has 1 unspecified atom stereocenters. The van der Waals surface area contributed by atoms with E-state index in [1.54, 1.807) is 6.92 Å². The summed E-state index contributed by atoms with van der Waals surface area (Å²) < 4.78 is 0. The van der Waals surface area contributed by atoms with Crippen LogP contribution in [0.4, 0.5) is 0 Å². The lowest BCUT2D eigenvalue weighted by molar-refractivity contribution is -0.130. The number of carbonyl (C=O) groups is 1. The first kappa shape index (κ1) is 15.7. The quantitative estimate of drug-likeness (QED) is 0.685. The van der Waals surface area contributed by atoms with E-state index in [9.17, 15) is 4.79 Å². The second-order valence-corrected chi connectivity index (χ2v) is 5.30. The summed E-state index contributed by atoms with van der Waals surface area (Å²) >= 11 is 0. The molecule has 0 bridgehead atoms. The summed E-state index contributed by atoms with van der Waals surface area (Å²) in [5.41, 5.74) is 1.21. The van der Waals surface area contributed by atoms with Gasteiger partial charge in [-0.2, -0.15) is 0 Å². The molecule has 1 aromatic carbocycles. The van der Waals surface area contributed by atoms with Crippen LogP contribution in [0.3, 0.4) is 0 Å². The lowest BCUT2D eigenvalue weighted by Gasteiger charge is -2.26. The third-order valence-corrected chi connectivity index (χ3v) is 3.68. The molecule has 0 saturated carbocycles. The topological polar surface area (TPSA) is 20.3 Å². The lowest BCUT2D eigenvalue weighted by atomic mass is 9.98. The van der Waals surface area contributed by atoms with Crippen molar-refractivity contribution in [3.05, 3.63) is 35.9 Å². The van der Waals surface area contributed by atoms with Gasteiger partial charge in [0.2, 0.25) is 5.91 Å². The Kier molecular flexibility index (Phi) is 7.24. The zero-order chi connectivity index (χ0) is 14.1. The number of carbonyl (C=O) groups excluding carboxylic acids is 1. The Morgan fingerprint density at radius 3 is 2.42 bits per heavy atom. The molecule has 1 amide bonds. The van der Waals surface area contributed by atoms with Crippen molar-refractivity contribution in [2.24, 2.45) is 5.92 Å². The number of rotatable bonds is 8. The fourth-order valence-electron chi connectivity index (χ4n) is 2.34. The molecule has 0 aliphatic carbocycles. The Hall–Kier alpha value is -1.31. The minimum absolute atomic E-state index is 0.179. The molecule has 0 radical (unpaired) electrons. The number of unbranched alkanes of at least 4 members (excludes halogenated alkanes) is 1. The molecule has 0 fully saturated rings. The summed E-state index contributed by atoms with van der Waals surface area (Å²) in [5, 5.41) is 0. The Labute approximate surface area is 117 Å². The molecule has 1 aromatic rings. The third kappa shape index (κ3) is 5.91. The molecule has 2 nitrogen and oxygen atoms in total. The van der Waals surface area contributed by atoms with Crippen molar-refractivity contribution in [3.63, 3.8) is 0 Å². The SMILES string of the molecule is CCCCC(CC)CN(Cc1ccccc1)C(C)=O. The average Bonchev–Trinajstić information content (AvgIpc) is 2.43. The zero-order valence-corrected chi connectivity index (χ0v) is 12.6. The highest BCUT2D eigenvalue weighted by molar-refractivity contribution is 5.73. The first-order valence-electron chi connectivity index (χ1n) is 7.46. The van der Waals surface area contributed by atoms with Gasteiger partial charge in [0.1, 0.15) is 0 Å². The van der Waals surface area contributed by atoms with Crippen LogP contribution in [0.5, 0.6) is 0 Å². The Morgan fingerprint density at radius 2 is 1.89 bits per heavy atom. The zero-order valence-electron chi connectivity index (χ0n) is 12.6. The highest BCUT2D eigenvalue weighted by Crippen LogP contribution is 2.16. The Bertz CT molecular complexity index is 361. The normalized spacial score (nSPS) is 12.2. The fourth-order valence-corrected chi connectivity index (χ4v) is 2.34. The largest absolute Gasteiger partial charge is 0.338 e. The maximum absolute atomic E-state index is 11.8. The van der Waals surface area contributed by atoms with Crippen LogP contribution in [0.25, 0.3) is 0 Å². The van der Waals surface area contributed by atoms with E-state index in [2.05, 4.69) is 26.0 Å². The first-order valence-corrected chi connectivity index (χ1v) is 7.46. The summed E-state index contributed by atoms with van der Waals surface area (Å²) in [4.78, 5) is 13.8. The van der Waals surface area contributed by atoms with Crippen molar-refractivity contribution in [1.29, 1.82) is 0 Å². The van der Waals surface area contributed by atoms with Crippen LogP contribution >= 0.6 is 0 Å². The van der Waals surface area contributed by atoms with Crippen LogP contribution in [0, 0.1) is 5.92 Å². The van der Waals surface area contributed by atoms with Gasteiger partial charge in [-0.25, -0.2) is 0 Å². The third-order valence-electron chi connectivity index (χ3n) is 3.68. The second kappa shape index (κ2) is 8.73. The molecular formula is C17H27NO. The van der Waals surface area contributed by atoms with Crippen molar-refractivity contribution >= 4 is 5.91 Å². The maximum Gasteiger partial charge on any atom is 0.219 e. The highest BCUT2D eigenvalue weighted by atomic mass is 16.2. The monoisotopic (exact) mass is 261 g/mol. The van der Waals surface area contributed by atoms with Gasteiger partial charge in [0.15, 0.2) is 0 Å². The van der Waals surface area contributed by atoms with Crippen molar-refractivity contribution in [3.8, 4) is 0 Å². The highest BCUT2D eigenvalue weighted by Gasteiger charge is 2.15. The van der Waals surface area contributed by atoms with Crippen molar-refractivity contribution in [1.82, 2.24) is 4.90 Å². The van der Waals surface area contributed by atoms with Crippen LogP contribution < -0.4 is 0 Å². The van der Waals surface area contributed by atoms with Gasteiger partial charge >= 0.3 is 0 Å². The number of nitrogens with zero attached hydrogens (tertiary/aromatic N) is 1. The van der Waals surface area contributed by atoms with Gasteiger partial charge in [0.05, 0.1) is 0 Å². The molecule has 0 spiro atoms. The number of hydrogen-bond donors (Lipinski definition) is 0. The van der Waals surface area contributed by atoms with Crippen molar-refractivity contribution in [2.45, 2.75) is 53.0 Å². The molecule has 0 saturated heterocycles. The summed E-state index contributed by atoms with van der Waals surface area (Å²) in [6.45, 7) is 7.75. The molecule has 0 heterocycles. The minimum atomic E-state index is 0.179. The summed E-state index contributed by atoms with van der Waals surface area (Å²) in [6, 6.07) is 10.2. The molecule has 1 rings (SSSR count). The predicted octanol–water partition coefficient (Wildman–Crippen LogP) is 4.25. The van der Waals surface area contributed by atoms with E-state index in [1.807, 2.05) is 23.1 Å². The van der Waals surface area contributed by atoms with Crippen molar-refractivity contribution in [2.75, 3.05) is 6.54 Å². The molecule has 0 aliphatic rings. The van der Waals surface area contributed by atoms with E-state index in [0.717, 1.165) is 19.5 Å². The lowest BCUT2D eigenvalue weighted by Crippen LogP contribution is -2.33. The van der Waals surface area contributed by atoms with Crippen LogP contribution in [0.15, 0.2) is 30.3 Å². The Balaban J connectivity index is 2.59. The molecule has 106 valence electrons. The van der Waals surface area contributed by atoms with E-state index in [4.69, 9.17) is 0 Å². The molecule has 0 aliphatic heterocycles. The van der Waals surface area contributed by atoms with Gasteiger partial charge in [-0.15, -0.1) is 0 Å². The van der Waals surface area contributed by atoms with Gasteiger partial charge in [-0.3, -0.25) is 4.79 Å².